The average molecular weight is 272 g/mol. The molecular weight excluding hydrogens is 256 g/mol. The number of nitrogens with one attached hydrogen (secondary N) is 1. The number of rotatable bonds is 6. The van der Waals surface area contributed by atoms with Crippen LogP contribution in [0.25, 0.3) is 0 Å². The van der Waals surface area contributed by atoms with Gasteiger partial charge in [-0.05, 0) is 17.7 Å². The molecule has 0 fully saturated rings. The van der Waals surface area contributed by atoms with E-state index in [2.05, 4.69) is 10.3 Å². The van der Waals surface area contributed by atoms with Gasteiger partial charge in [-0.3, -0.25) is 9.78 Å². The third-order valence-electron chi connectivity index (χ3n) is 2.66. The van der Waals surface area contributed by atoms with Gasteiger partial charge in [0.1, 0.15) is 5.75 Å². The van der Waals surface area contributed by atoms with Crippen LogP contribution in [0.15, 0.2) is 48.7 Å². The number of ether oxygens (including phenoxy) is 1. The Morgan fingerprint density at radius 3 is 2.65 bits per heavy atom. The SMILES string of the molecule is O=C(COc1ccc(CO)nc1)NCc1ccccc1. The zero-order valence-corrected chi connectivity index (χ0v) is 11.0. The normalized spacial score (nSPS) is 10.1. The van der Waals surface area contributed by atoms with Crippen LogP contribution >= 0.6 is 0 Å². The van der Waals surface area contributed by atoms with Crippen molar-refractivity contribution in [1.29, 1.82) is 0 Å². The van der Waals surface area contributed by atoms with Gasteiger partial charge < -0.3 is 15.2 Å². The summed E-state index contributed by atoms with van der Waals surface area (Å²) in [5.41, 5.74) is 1.60. The number of aliphatic hydroxyl groups excluding tert-OH is 1. The molecule has 5 nitrogen and oxygen atoms in total. The smallest absolute Gasteiger partial charge is 0.258 e. The fourth-order valence-electron chi connectivity index (χ4n) is 1.59. The van der Waals surface area contributed by atoms with Crippen LogP contribution in [-0.2, 0) is 17.9 Å². The lowest BCUT2D eigenvalue weighted by Crippen LogP contribution is -2.28. The first-order valence-corrected chi connectivity index (χ1v) is 6.27. The molecule has 0 saturated carbocycles. The monoisotopic (exact) mass is 272 g/mol. The predicted octanol–water partition coefficient (Wildman–Crippen LogP) is 1.27. The Hall–Kier alpha value is -2.40. The molecule has 0 unspecified atom stereocenters. The molecule has 0 aliphatic heterocycles. The zero-order chi connectivity index (χ0) is 14.2. The Balaban J connectivity index is 1.74. The molecule has 0 spiro atoms. The molecule has 2 rings (SSSR count). The van der Waals surface area contributed by atoms with E-state index >= 15 is 0 Å². The Bertz CT molecular complexity index is 541. The summed E-state index contributed by atoms with van der Waals surface area (Å²) in [6.07, 6.45) is 1.48. The molecule has 104 valence electrons. The van der Waals surface area contributed by atoms with Crippen molar-refractivity contribution >= 4 is 5.91 Å². The molecule has 1 heterocycles. The molecule has 1 amide bonds. The molecule has 1 aromatic heterocycles. The van der Waals surface area contributed by atoms with Gasteiger partial charge in [0, 0.05) is 6.54 Å². The van der Waals surface area contributed by atoms with Crippen molar-refractivity contribution in [2.24, 2.45) is 0 Å². The summed E-state index contributed by atoms with van der Waals surface area (Å²) in [7, 11) is 0. The Kier molecular flexibility index (Phi) is 5.08. The highest BCUT2D eigenvalue weighted by Crippen LogP contribution is 2.08. The number of carbonyl (C=O) groups excluding carboxylic acids is 1. The largest absolute Gasteiger partial charge is 0.482 e. The highest BCUT2D eigenvalue weighted by molar-refractivity contribution is 5.77. The van der Waals surface area contributed by atoms with Gasteiger partial charge in [0.2, 0.25) is 0 Å². The lowest BCUT2D eigenvalue weighted by Gasteiger charge is -2.07. The summed E-state index contributed by atoms with van der Waals surface area (Å²) in [6, 6.07) is 13.0. The third-order valence-corrected chi connectivity index (χ3v) is 2.66. The maximum atomic E-state index is 11.6. The number of pyridine rings is 1. The van der Waals surface area contributed by atoms with Crippen LogP contribution in [0.3, 0.4) is 0 Å². The number of aliphatic hydroxyl groups is 1. The molecular formula is C15H16N2O3. The van der Waals surface area contributed by atoms with Crippen LogP contribution in [0.2, 0.25) is 0 Å². The van der Waals surface area contributed by atoms with E-state index in [-0.39, 0.29) is 19.1 Å². The predicted molar refractivity (Wildman–Crippen MR) is 73.9 cm³/mol. The van der Waals surface area contributed by atoms with Crippen molar-refractivity contribution in [2.45, 2.75) is 13.2 Å². The number of aromatic nitrogens is 1. The molecule has 0 atom stereocenters. The minimum Gasteiger partial charge on any atom is -0.482 e. The fourth-order valence-corrected chi connectivity index (χ4v) is 1.59. The standard InChI is InChI=1S/C15H16N2O3/c18-10-13-6-7-14(9-16-13)20-11-15(19)17-8-12-4-2-1-3-5-12/h1-7,9,18H,8,10-11H2,(H,17,19). The summed E-state index contributed by atoms with van der Waals surface area (Å²) in [4.78, 5) is 15.6. The summed E-state index contributed by atoms with van der Waals surface area (Å²) < 4.78 is 5.30. The first kappa shape index (κ1) is 14.0. The minimum absolute atomic E-state index is 0.0625. The molecule has 0 saturated heterocycles. The van der Waals surface area contributed by atoms with Crippen LogP contribution in [0.5, 0.6) is 5.75 Å². The maximum Gasteiger partial charge on any atom is 0.258 e. The van der Waals surface area contributed by atoms with Crippen molar-refractivity contribution in [2.75, 3.05) is 6.61 Å². The van der Waals surface area contributed by atoms with Crippen LogP contribution in [0.1, 0.15) is 11.3 Å². The molecule has 2 N–H and O–H groups in total. The summed E-state index contributed by atoms with van der Waals surface area (Å²) >= 11 is 0. The maximum absolute atomic E-state index is 11.6. The second-order valence-corrected chi connectivity index (χ2v) is 4.19. The molecule has 0 aliphatic carbocycles. The number of benzene rings is 1. The van der Waals surface area contributed by atoms with E-state index in [1.807, 2.05) is 30.3 Å². The van der Waals surface area contributed by atoms with Crippen LogP contribution < -0.4 is 10.1 Å². The fraction of sp³-hybridized carbons (Fsp3) is 0.200. The highest BCUT2D eigenvalue weighted by atomic mass is 16.5. The molecule has 5 heteroatoms. The van der Waals surface area contributed by atoms with E-state index in [0.29, 0.717) is 18.0 Å². The van der Waals surface area contributed by atoms with Crippen LogP contribution in [0.4, 0.5) is 0 Å². The van der Waals surface area contributed by atoms with Gasteiger partial charge in [-0.25, -0.2) is 0 Å². The Labute approximate surface area is 117 Å². The van der Waals surface area contributed by atoms with E-state index in [9.17, 15) is 4.79 Å². The van der Waals surface area contributed by atoms with Gasteiger partial charge in [-0.2, -0.15) is 0 Å². The number of hydrogen-bond acceptors (Lipinski definition) is 4. The van der Waals surface area contributed by atoms with E-state index in [1.54, 1.807) is 12.1 Å². The Morgan fingerprint density at radius 2 is 2.00 bits per heavy atom. The highest BCUT2D eigenvalue weighted by Gasteiger charge is 2.03. The average Bonchev–Trinajstić information content (AvgIpc) is 2.52. The van der Waals surface area contributed by atoms with E-state index in [4.69, 9.17) is 9.84 Å². The van der Waals surface area contributed by atoms with Crippen molar-refractivity contribution in [3.8, 4) is 5.75 Å². The quantitative estimate of drug-likeness (QED) is 0.830. The number of amides is 1. The lowest BCUT2D eigenvalue weighted by molar-refractivity contribution is -0.123. The van der Waals surface area contributed by atoms with Gasteiger partial charge >= 0.3 is 0 Å². The van der Waals surface area contributed by atoms with Crippen LogP contribution in [0, 0.1) is 0 Å². The van der Waals surface area contributed by atoms with E-state index in [1.165, 1.54) is 6.20 Å². The number of hydrogen-bond donors (Lipinski definition) is 2. The van der Waals surface area contributed by atoms with Gasteiger partial charge in [0.15, 0.2) is 6.61 Å². The van der Waals surface area contributed by atoms with Gasteiger partial charge in [0.05, 0.1) is 18.5 Å². The topological polar surface area (TPSA) is 71.5 Å². The first-order chi connectivity index (χ1) is 9.78. The molecule has 2 aromatic rings. The van der Waals surface area contributed by atoms with Crippen molar-refractivity contribution in [3.05, 3.63) is 59.9 Å². The molecule has 1 aromatic carbocycles. The summed E-state index contributed by atoms with van der Waals surface area (Å²) in [6.45, 7) is 0.301. The van der Waals surface area contributed by atoms with E-state index < -0.39 is 0 Å². The Morgan fingerprint density at radius 1 is 1.20 bits per heavy atom. The molecule has 0 radical (unpaired) electrons. The van der Waals surface area contributed by atoms with Gasteiger partial charge in [-0.15, -0.1) is 0 Å². The summed E-state index contributed by atoms with van der Waals surface area (Å²) in [5, 5.41) is 11.6. The zero-order valence-electron chi connectivity index (χ0n) is 11.0. The van der Waals surface area contributed by atoms with Crippen LogP contribution in [-0.4, -0.2) is 22.6 Å². The van der Waals surface area contributed by atoms with E-state index in [0.717, 1.165) is 5.56 Å². The third kappa shape index (κ3) is 4.37. The molecule has 0 aliphatic rings. The minimum atomic E-state index is -0.194. The van der Waals surface area contributed by atoms with Crippen molar-refractivity contribution < 1.29 is 14.6 Å². The second kappa shape index (κ2) is 7.25. The van der Waals surface area contributed by atoms with Crippen molar-refractivity contribution in [3.63, 3.8) is 0 Å². The summed E-state index contributed by atoms with van der Waals surface area (Å²) in [5.74, 6) is 0.303. The number of nitrogens with zero attached hydrogens (tertiary/aromatic N) is 1. The second-order valence-electron chi connectivity index (χ2n) is 4.19. The van der Waals surface area contributed by atoms with Gasteiger partial charge in [-0.1, -0.05) is 30.3 Å². The van der Waals surface area contributed by atoms with Gasteiger partial charge in [0.25, 0.3) is 5.91 Å². The first-order valence-electron chi connectivity index (χ1n) is 6.27. The molecule has 0 bridgehead atoms. The van der Waals surface area contributed by atoms with Crippen molar-refractivity contribution in [1.82, 2.24) is 10.3 Å². The molecule has 20 heavy (non-hydrogen) atoms. The number of carbonyl (C=O) groups is 1. The lowest BCUT2D eigenvalue weighted by atomic mass is 10.2.